The molecule has 0 aliphatic rings. The SMILES string of the molecule is CC(C#N)CNS(=O)(=O)CCCCl. The van der Waals surface area contributed by atoms with Gasteiger partial charge in [0.15, 0.2) is 0 Å². The summed E-state index contributed by atoms with van der Waals surface area (Å²) in [4.78, 5) is 0. The lowest BCUT2D eigenvalue weighted by atomic mass is 10.2. The van der Waals surface area contributed by atoms with Crippen LogP contribution < -0.4 is 4.72 Å². The van der Waals surface area contributed by atoms with Crippen LogP contribution in [0.25, 0.3) is 0 Å². The van der Waals surface area contributed by atoms with Crippen molar-refractivity contribution in [1.29, 1.82) is 5.26 Å². The first-order valence-electron chi connectivity index (χ1n) is 3.94. The Kier molecular flexibility index (Phi) is 6.04. The number of nitrogens with one attached hydrogen (secondary N) is 1. The Morgan fingerprint density at radius 2 is 2.23 bits per heavy atom. The molecule has 13 heavy (non-hydrogen) atoms. The number of alkyl halides is 1. The third-order valence-electron chi connectivity index (χ3n) is 1.38. The highest BCUT2D eigenvalue weighted by Crippen LogP contribution is 1.94. The molecular formula is C7H13ClN2O2S. The normalized spacial score (nSPS) is 13.6. The lowest BCUT2D eigenvalue weighted by Crippen LogP contribution is -2.30. The highest BCUT2D eigenvalue weighted by Gasteiger charge is 2.10. The molecule has 1 N–H and O–H groups in total. The van der Waals surface area contributed by atoms with Gasteiger partial charge in [-0.1, -0.05) is 0 Å². The quantitative estimate of drug-likeness (QED) is 0.675. The zero-order chi connectivity index (χ0) is 10.3. The minimum absolute atomic E-state index is 0.0225. The van der Waals surface area contributed by atoms with Crippen LogP contribution in [0.3, 0.4) is 0 Å². The molecule has 76 valence electrons. The Morgan fingerprint density at radius 1 is 1.62 bits per heavy atom. The molecule has 0 aliphatic heterocycles. The third-order valence-corrected chi connectivity index (χ3v) is 3.08. The first kappa shape index (κ1) is 12.7. The van der Waals surface area contributed by atoms with Crippen molar-refractivity contribution in [2.24, 2.45) is 5.92 Å². The van der Waals surface area contributed by atoms with E-state index in [4.69, 9.17) is 16.9 Å². The van der Waals surface area contributed by atoms with E-state index >= 15 is 0 Å². The summed E-state index contributed by atoms with van der Waals surface area (Å²) in [5.41, 5.74) is 0. The molecule has 1 unspecified atom stereocenters. The zero-order valence-corrected chi connectivity index (χ0v) is 9.03. The van der Waals surface area contributed by atoms with E-state index in [1.54, 1.807) is 6.92 Å². The predicted octanol–water partition coefficient (Wildman–Crippen LogP) is 0.694. The molecule has 0 amide bonds. The van der Waals surface area contributed by atoms with Crippen LogP contribution in [0, 0.1) is 17.2 Å². The summed E-state index contributed by atoms with van der Waals surface area (Å²) in [5.74, 6) is 0.0504. The molecule has 0 aromatic rings. The first-order chi connectivity index (χ1) is 6.02. The van der Waals surface area contributed by atoms with Gasteiger partial charge in [0.05, 0.1) is 17.7 Å². The van der Waals surface area contributed by atoms with Gasteiger partial charge in [-0.2, -0.15) is 5.26 Å². The average molecular weight is 225 g/mol. The molecule has 0 radical (unpaired) electrons. The van der Waals surface area contributed by atoms with E-state index in [0.29, 0.717) is 12.3 Å². The van der Waals surface area contributed by atoms with Gasteiger partial charge in [-0.3, -0.25) is 0 Å². The molecule has 0 aromatic heterocycles. The summed E-state index contributed by atoms with van der Waals surface area (Å²) in [7, 11) is -3.23. The molecule has 4 nitrogen and oxygen atoms in total. The van der Waals surface area contributed by atoms with Crippen molar-refractivity contribution in [1.82, 2.24) is 4.72 Å². The van der Waals surface area contributed by atoms with Crippen molar-refractivity contribution in [2.45, 2.75) is 13.3 Å². The lowest BCUT2D eigenvalue weighted by Gasteiger charge is -2.05. The summed E-state index contributed by atoms with van der Waals surface area (Å²) >= 11 is 5.35. The monoisotopic (exact) mass is 224 g/mol. The van der Waals surface area contributed by atoms with Crippen LogP contribution in [0.1, 0.15) is 13.3 Å². The van der Waals surface area contributed by atoms with Gasteiger partial charge < -0.3 is 0 Å². The summed E-state index contributed by atoms with van der Waals surface area (Å²) in [6.07, 6.45) is 0.428. The molecular weight excluding hydrogens is 212 g/mol. The Balaban J connectivity index is 3.84. The summed E-state index contributed by atoms with van der Waals surface area (Å²) in [5, 5.41) is 8.40. The standard InChI is InChI=1S/C7H13ClN2O2S/c1-7(5-9)6-10-13(11,12)4-2-3-8/h7,10H,2-4,6H2,1H3. The second kappa shape index (κ2) is 6.19. The molecule has 0 saturated carbocycles. The number of rotatable bonds is 6. The van der Waals surface area contributed by atoms with Gasteiger partial charge in [-0.15, -0.1) is 11.6 Å². The molecule has 0 fully saturated rings. The van der Waals surface area contributed by atoms with Gasteiger partial charge in [-0.05, 0) is 13.3 Å². The van der Waals surface area contributed by atoms with Crippen molar-refractivity contribution in [2.75, 3.05) is 18.2 Å². The van der Waals surface area contributed by atoms with E-state index in [0.717, 1.165) is 0 Å². The second-order valence-electron chi connectivity index (χ2n) is 2.74. The van der Waals surface area contributed by atoms with E-state index in [2.05, 4.69) is 4.72 Å². The average Bonchev–Trinajstić information content (AvgIpc) is 2.11. The molecule has 0 aromatic carbocycles. The molecule has 0 aliphatic carbocycles. The maximum atomic E-state index is 11.1. The van der Waals surface area contributed by atoms with Gasteiger partial charge in [-0.25, -0.2) is 13.1 Å². The summed E-state index contributed by atoms with van der Waals surface area (Å²) < 4.78 is 24.6. The first-order valence-corrected chi connectivity index (χ1v) is 6.13. The number of nitrogens with zero attached hydrogens (tertiary/aromatic N) is 1. The fraction of sp³-hybridized carbons (Fsp3) is 0.857. The van der Waals surface area contributed by atoms with Gasteiger partial charge >= 0.3 is 0 Å². The fourth-order valence-corrected chi connectivity index (χ4v) is 2.08. The predicted molar refractivity (Wildman–Crippen MR) is 51.9 cm³/mol. The van der Waals surface area contributed by atoms with Crippen LogP contribution in [0.2, 0.25) is 0 Å². The highest BCUT2D eigenvalue weighted by molar-refractivity contribution is 7.89. The van der Waals surface area contributed by atoms with Crippen LogP contribution in [0.4, 0.5) is 0 Å². The van der Waals surface area contributed by atoms with Crippen LogP contribution in [-0.4, -0.2) is 26.6 Å². The van der Waals surface area contributed by atoms with Crippen molar-refractivity contribution in [3.8, 4) is 6.07 Å². The molecule has 0 spiro atoms. The maximum Gasteiger partial charge on any atom is 0.211 e. The number of nitriles is 1. The molecule has 0 heterocycles. The van der Waals surface area contributed by atoms with E-state index in [1.165, 1.54) is 0 Å². The Labute approximate surface area is 83.9 Å². The van der Waals surface area contributed by atoms with E-state index in [1.807, 2.05) is 6.07 Å². The Morgan fingerprint density at radius 3 is 2.69 bits per heavy atom. The number of sulfonamides is 1. The van der Waals surface area contributed by atoms with Crippen molar-refractivity contribution < 1.29 is 8.42 Å². The van der Waals surface area contributed by atoms with Crippen LogP contribution in [-0.2, 0) is 10.0 Å². The van der Waals surface area contributed by atoms with Crippen molar-refractivity contribution in [3.05, 3.63) is 0 Å². The minimum atomic E-state index is -3.23. The van der Waals surface area contributed by atoms with Gasteiger partial charge in [0.2, 0.25) is 10.0 Å². The molecule has 0 saturated heterocycles. The molecule has 0 rings (SSSR count). The van der Waals surface area contributed by atoms with Crippen LogP contribution in [0.5, 0.6) is 0 Å². The van der Waals surface area contributed by atoms with Gasteiger partial charge in [0, 0.05) is 12.4 Å². The van der Waals surface area contributed by atoms with E-state index in [-0.39, 0.29) is 18.2 Å². The summed E-state index contributed by atoms with van der Waals surface area (Å²) in [6, 6.07) is 1.94. The second-order valence-corrected chi connectivity index (χ2v) is 5.04. The zero-order valence-electron chi connectivity index (χ0n) is 7.46. The van der Waals surface area contributed by atoms with Gasteiger partial charge in [0.1, 0.15) is 0 Å². The lowest BCUT2D eigenvalue weighted by molar-refractivity contribution is 0.571. The number of hydrogen-bond acceptors (Lipinski definition) is 3. The van der Waals surface area contributed by atoms with Crippen LogP contribution >= 0.6 is 11.6 Å². The number of halogens is 1. The fourth-order valence-electron chi connectivity index (χ4n) is 0.614. The van der Waals surface area contributed by atoms with E-state index in [9.17, 15) is 8.42 Å². The van der Waals surface area contributed by atoms with Crippen molar-refractivity contribution >= 4 is 21.6 Å². The van der Waals surface area contributed by atoms with Gasteiger partial charge in [0.25, 0.3) is 0 Å². The topological polar surface area (TPSA) is 70.0 Å². The third kappa shape index (κ3) is 6.82. The molecule has 1 atom stereocenters. The minimum Gasteiger partial charge on any atom is -0.214 e. The Hall–Kier alpha value is -0.310. The summed E-state index contributed by atoms with van der Waals surface area (Å²) in [6.45, 7) is 1.82. The smallest absolute Gasteiger partial charge is 0.211 e. The molecule has 0 bridgehead atoms. The maximum absolute atomic E-state index is 11.1. The van der Waals surface area contributed by atoms with Crippen molar-refractivity contribution in [3.63, 3.8) is 0 Å². The van der Waals surface area contributed by atoms with Crippen LogP contribution in [0.15, 0.2) is 0 Å². The largest absolute Gasteiger partial charge is 0.214 e. The Bertz CT molecular complexity index is 271. The van der Waals surface area contributed by atoms with E-state index < -0.39 is 10.0 Å². The molecule has 6 heteroatoms. The number of hydrogen-bond donors (Lipinski definition) is 1. The highest BCUT2D eigenvalue weighted by atomic mass is 35.5.